The second-order valence-corrected chi connectivity index (χ2v) is 12.4. The van der Waals surface area contributed by atoms with Crippen molar-refractivity contribution in [1.29, 1.82) is 0 Å². The van der Waals surface area contributed by atoms with Crippen LogP contribution >= 0.6 is 0 Å². The Bertz CT molecular complexity index is 745. The largest absolute Gasteiger partial charge is 0.497 e. The quantitative estimate of drug-likeness (QED) is 0.595. The van der Waals surface area contributed by atoms with E-state index >= 15 is 0 Å². The molecule has 0 spiro atoms. The molecule has 28 heavy (non-hydrogen) atoms. The van der Waals surface area contributed by atoms with Crippen LogP contribution in [-0.2, 0) is 4.43 Å². The van der Waals surface area contributed by atoms with Crippen LogP contribution in [0, 0.1) is 17.8 Å². The first kappa shape index (κ1) is 21.1. The van der Waals surface area contributed by atoms with Crippen LogP contribution in [0.2, 0.25) is 6.04 Å². The van der Waals surface area contributed by atoms with Gasteiger partial charge in [-0.15, -0.1) is 0 Å². The third kappa shape index (κ3) is 4.21. The molecule has 0 saturated heterocycles. The van der Waals surface area contributed by atoms with Gasteiger partial charge in [0, 0.05) is 11.3 Å². The molecule has 3 rings (SSSR count). The highest BCUT2D eigenvalue weighted by Crippen LogP contribution is 2.37. The van der Waals surface area contributed by atoms with Crippen LogP contribution in [0.25, 0.3) is 0 Å². The lowest BCUT2D eigenvalue weighted by molar-refractivity contribution is 0.0420. The summed E-state index contributed by atoms with van der Waals surface area (Å²) in [5.74, 6) is 2.98. The molecule has 3 heteroatoms. The van der Waals surface area contributed by atoms with Gasteiger partial charge in [0.05, 0.1) is 7.11 Å². The topological polar surface area (TPSA) is 18.5 Å². The molecule has 1 aliphatic rings. The maximum absolute atomic E-state index is 7.35. The molecule has 2 aromatic rings. The minimum absolute atomic E-state index is 0.320. The highest BCUT2D eigenvalue weighted by Gasteiger charge is 2.45. The van der Waals surface area contributed by atoms with Gasteiger partial charge < -0.3 is 9.16 Å². The molecular formula is C25H36O2Si. The van der Waals surface area contributed by atoms with E-state index in [9.17, 15) is 0 Å². The molecule has 4 unspecified atom stereocenters. The third-order valence-corrected chi connectivity index (χ3v) is 10.8. The van der Waals surface area contributed by atoms with Crippen molar-refractivity contribution in [1.82, 2.24) is 0 Å². The van der Waals surface area contributed by atoms with Gasteiger partial charge in [-0.2, -0.15) is 0 Å². The normalized spacial score (nSPS) is 24.7. The summed E-state index contributed by atoms with van der Waals surface area (Å²) in [4.78, 5) is 0. The summed E-state index contributed by atoms with van der Waals surface area (Å²) in [7, 11) is -0.641. The number of ether oxygens (including phenoxy) is 1. The van der Waals surface area contributed by atoms with Gasteiger partial charge in [-0.3, -0.25) is 0 Å². The maximum atomic E-state index is 7.35. The van der Waals surface area contributed by atoms with Crippen molar-refractivity contribution in [3.63, 3.8) is 0 Å². The molecule has 152 valence electrons. The number of hydrogen-bond donors (Lipinski definition) is 0. The second-order valence-electron chi connectivity index (χ2n) is 8.73. The van der Waals surface area contributed by atoms with E-state index < -0.39 is 8.32 Å². The molecule has 1 saturated carbocycles. The van der Waals surface area contributed by atoms with E-state index in [0.29, 0.717) is 17.9 Å². The molecular weight excluding hydrogens is 360 g/mol. The van der Waals surface area contributed by atoms with E-state index in [1.54, 1.807) is 7.11 Å². The molecule has 1 fully saturated rings. The first-order valence-electron chi connectivity index (χ1n) is 10.9. The monoisotopic (exact) mass is 396 g/mol. The minimum atomic E-state index is -2.42. The molecule has 0 N–H and O–H groups in total. The first-order chi connectivity index (χ1) is 13.5. The Kier molecular flexibility index (Phi) is 7.00. The Morgan fingerprint density at radius 3 is 2.32 bits per heavy atom. The zero-order valence-corrected chi connectivity index (χ0v) is 19.2. The maximum Gasteiger partial charge on any atom is 0.259 e. The Hall–Kier alpha value is -1.58. The zero-order chi connectivity index (χ0) is 20.1. The first-order valence-corrected chi connectivity index (χ1v) is 13.0. The summed E-state index contributed by atoms with van der Waals surface area (Å²) in [5.41, 5.74) is 0. The predicted octanol–water partition coefficient (Wildman–Crippen LogP) is 5.25. The fraction of sp³-hybridized carbons (Fsp3) is 0.520. The molecule has 0 bridgehead atoms. The number of hydrogen-bond acceptors (Lipinski definition) is 2. The van der Waals surface area contributed by atoms with Crippen LogP contribution in [0.5, 0.6) is 5.75 Å². The summed E-state index contributed by atoms with van der Waals surface area (Å²) in [6.45, 7) is 9.39. The van der Waals surface area contributed by atoms with E-state index in [1.807, 2.05) is 0 Å². The highest BCUT2D eigenvalue weighted by molar-refractivity contribution is 6.98. The minimum Gasteiger partial charge on any atom is -0.497 e. The van der Waals surface area contributed by atoms with Crippen LogP contribution in [0.1, 0.15) is 47.0 Å². The summed E-state index contributed by atoms with van der Waals surface area (Å²) in [6, 6.07) is 20.4. The summed E-state index contributed by atoms with van der Waals surface area (Å²) >= 11 is 0. The van der Waals surface area contributed by atoms with Gasteiger partial charge in [-0.05, 0) is 47.9 Å². The average molecular weight is 397 g/mol. The number of benzene rings is 2. The van der Waals surface area contributed by atoms with Gasteiger partial charge in [0.15, 0.2) is 0 Å². The van der Waals surface area contributed by atoms with Crippen molar-refractivity contribution in [2.75, 3.05) is 7.11 Å². The molecule has 2 nitrogen and oxygen atoms in total. The molecule has 4 atom stereocenters. The van der Waals surface area contributed by atoms with Crippen LogP contribution < -0.4 is 15.1 Å². The van der Waals surface area contributed by atoms with E-state index in [1.165, 1.54) is 29.6 Å². The molecule has 2 aromatic carbocycles. The smallest absolute Gasteiger partial charge is 0.259 e. The molecule has 0 heterocycles. The Morgan fingerprint density at radius 1 is 1.00 bits per heavy atom. The summed E-state index contributed by atoms with van der Waals surface area (Å²) in [6.07, 6.45) is 4.09. The standard InChI is InChI=1S/C25H36O2Si/c1-6-28(21-12-8-7-9-13-21,25-15-11-10-14-23(25)26-5)27-24-18-20(4)16-17-22(24)19(2)3/h7-15,19-20,22,24H,6,16-18H2,1-5H3. The van der Waals surface area contributed by atoms with Gasteiger partial charge in [-0.25, -0.2) is 0 Å². The highest BCUT2D eigenvalue weighted by atomic mass is 28.4. The molecule has 0 aliphatic heterocycles. The number of methoxy groups -OCH3 is 1. The fourth-order valence-corrected chi connectivity index (χ4v) is 8.96. The Morgan fingerprint density at radius 2 is 1.68 bits per heavy atom. The lowest BCUT2D eigenvalue weighted by Crippen LogP contribution is -2.63. The van der Waals surface area contributed by atoms with Gasteiger partial charge in [0.2, 0.25) is 0 Å². The van der Waals surface area contributed by atoms with Crippen molar-refractivity contribution in [3.05, 3.63) is 54.6 Å². The zero-order valence-electron chi connectivity index (χ0n) is 18.2. The third-order valence-electron chi connectivity index (χ3n) is 6.59. The van der Waals surface area contributed by atoms with E-state index in [-0.39, 0.29) is 0 Å². The van der Waals surface area contributed by atoms with E-state index in [2.05, 4.69) is 82.3 Å². The average Bonchev–Trinajstić information content (AvgIpc) is 2.72. The van der Waals surface area contributed by atoms with Crippen LogP contribution in [0.15, 0.2) is 54.6 Å². The number of rotatable bonds is 7. The van der Waals surface area contributed by atoms with Crippen molar-refractivity contribution >= 4 is 18.7 Å². The lowest BCUT2D eigenvalue weighted by atomic mass is 9.75. The van der Waals surface area contributed by atoms with Crippen LogP contribution in [-0.4, -0.2) is 21.5 Å². The molecule has 0 amide bonds. The van der Waals surface area contributed by atoms with Crippen molar-refractivity contribution < 1.29 is 9.16 Å². The number of para-hydroxylation sites is 1. The molecule has 1 aliphatic carbocycles. The van der Waals surface area contributed by atoms with Gasteiger partial charge >= 0.3 is 0 Å². The van der Waals surface area contributed by atoms with Gasteiger partial charge in [0.1, 0.15) is 5.75 Å². The molecule has 0 radical (unpaired) electrons. The predicted molar refractivity (Wildman–Crippen MR) is 121 cm³/mol. The molecule has 0 aromatic heterocycles. The van der Waals surface area contributed by atoms with Gasteiger partial charge in [0.25, 0.3) is 8.32 Å². The van der Waals surface area contributed by atoms with Crippen molar-refractivity contribution in [2.45, 2.75) is 59.1 Å². The SMILES string of the molecule is CC[Si](OC1CC(C)CCC1C(C)C)(c1ccccc1)c1ccccc1OC. The lowest BCUT2D eigenvalue weighted by Gasteiger charge is -2.43. The van der Waals surface area contributed by atoms with Crippen LogP contribution in [0.3, 0.4) is 0 Å². The Labute approximate surface area is 172 Å². The van der Waals surface area contributed by atoms with E-state index in [0.717, 1.165) is 17.7 Å². The second kappa shape index (κ2) is 9.28. The summed E-state index contributed by atoms with van der Waals surface area (Å²) < 4.78 is 13.2. The van der Waals surface area contributed by atoms with Crippen molar-refractivity contribution in [2.24, 2.45) is 17.8 Å². The van der Waals surface area contributed by atoms with E-state index in [4.69, 9.17) is 9.16 Å². The Balaban J connectivity index is 2.11. The van der Waals surface area contributed by atoms with Crippen molar-refractivity contribution in [3.8, 4) is 5.75 Å². The fourth-order valence-electron chi connectivity index (χ4n) is 4.96. The summed E-state index contributed by atoms with van der Waals surface area (Å²) in [5, 5.41) is 2.62. The van der Waals surface area contributed by atoms with Crippen LogP contribution in [0.4, 0.5) is 0 Å². The van der Waals surface area contributed by atoms with Gasteiger partial charge in [-0.1, -0.05) is 82.6 Å².